The van der Waals surface area contributed by atoms with E-state index in [1.54, 1.807) is 11.0 Å². The molecule has 0 fully saturated rings. The van der Waals surface area contributed by atoms with Gasteiger partial charge < -0.3 is 0 Å². The summed E-state index contributed by atoms with van der Waals surface area (Å²) in [6.07, 6.45) is 3.72. The van der Waals surface area contributed by atoms with Gasteiger partial charge in [0.1, 0.15) is 0 Å². The Balaban J connectivity index is 2.28. The van der Waals surface area contributed by atoms with Crippen molar-refractivity contribution < 1.29 is 4.79 Å². The Hall–Kier alpha value is -2.35. The Kier molecular flexibility index (Phi) is 3.92. The van der Waals surface area contributed by atoms with Crippen LogP contribution < -0.4 is 4.90 Å². The highest BCUT2D eigenvalue weighted by Crippen LogP contribution is 2.21. The molecule has 0 aliphatic rings. The van der Waals surface area contributed by atoms with Crippen LogP contribution in [0.5, 0.6) is 0 Å². The lowest BCUT2D eigenvalue weighted by atomic mass is 10.1. The minimum absolute atomic E-state index is 0.509. The molecule has 0 aliphatic heterocycles. The van der Waals surface area contributed by atoms with Crippen molar-refractivity contribution >= 4 is 18.2 Å². The van der Waals surface area contributed by atoms with Gasteiger partial charge in [-0.2, -0.15) is 0 Å². The summed E-state index contributed by atoms with van der Waals surface area (Å²) in [5.74, 6) is 0. The molecule has 0 bridgehead atoms. The van der Waals surface area contributed by atoms with Crippen molar-refractivity contribution in [3.63, 3.8) is 0 Å². The Labute approximate surface area is 107 Å². The van der Waals surface area contributed by atoms with Crippen LogP contribution in [0.15, 0.2) is 61.2 Å². The van der Waals surface area contributed by atoms with Gasteiger partial charge >= 0.3 is 6.41 Å². The maximum atomic E-state index is 11.1. The molecule has 2 rings (SSSR count). The van der Waals surface area contributed by atoms with Gasteiger partial charge in [-0.25, -0.2) is 0 Å². The minimum Gasteiger partial charge on any atom is -0.299 e. The average molecular weight is 236 g/mol. The number of amides is 1. The standard InChI is InChI=1S/C16H14NO/c1-2-15-10-6-7-11-16(15)17(13-18)12-14-8-4-3-5-9-14/h2-11H,1,12H2. The highest BCUT2D eigenvalue weighted by atomic mass is 16.1. The van der Waals surface area contributed by atoms with Crippen LogP contribution in [0.2, 0.25) is 0 Å². The smallest absolute Gasteiger partial charge is 0.299 e. The predicted molar refractivity (Wildman–Crippen MR) is 74.9 cm³/mol. The van der Waals surface area contributed by atoms with Crippen LogP contribution in [0.25, 0.3) is 6.08 Å². The molecule has 0 saturated carbocycles. The number of nitrogens with zero attached hydrogens (tertiary/aromatic N) is 1. The quantitative estimate of drug-likeness (QED) is 0.728. The first-order valence-corrected chi connectivity index (χ1v) is 5.76. The van der Waals surface area contributed by atoms with Crippen molar-refractivity contribution in [1.29, 1.82) is 0 Å². The van der Waals surface area contributed by atoms with E-state index in [1.165, 1.54) is 0 Å². The van der Waals surface area contributed by atoms with Crippen molar-refractivity contribution in [2.45, 2.75) is 6.54 Å². The number of rotatable bonds is 5. The van der Waals surface area contributed by atoms with Gasteiger partial charge in [0.25, 0.3) is 0 Å². The van der Waals surface area contributed by atoms with Crippen LogP contribution >= 0.6 is 0 Å². The molecule has 2 aromatic rings. The van der Waals surface area contributed by atoms with Gasteiger partial charge in [-0.1, -0.05) is 61.2 Å². The molecule has 0 spiro atoms. The molecule has 0 atom stereocenters. The zero-order chi connectivity index (χ0) is 12.8. The molecule has 0 N–H and O–H groups in total. The first-order valence-electron chi connectivity index (χ1n) is 5.76. The van der Waals surface area contributed by atoms with Crippen LogP contribution in [-0.4, -0.2) is 6.41 Å². The number of carbonyl (C=O) groups excluding carboxylic acids is 1. The first-order chi connectivity index (χ1) is 8.85. The Morgan fingerprint density at radius 3 is 2.39 bits per heavy atom. The number of anilines is 1. The summed E-state index contributed by atoms with van der Waals surface area (Å²) in [6.45, 7) is 4.27. The second-order valence-electron chi connectivity index (χ2n) is 3.93. The summed E-state index contributed by atoms with van der Waals surface area (Å²) < 4.78 is 0. The maximum Gasteiger partial charge on any atom is 0.317 e. The average Bonchev–Trinajstić information content (AvgIpc) is 2.46. The van der Waals surface area contributed by atoms with Crippen LogP contribution in [-0.2, 0) is 11.3 Å². The van der Waals surface area contributed by atoms with Crippen LogP contribution in [0, 0.1) is 0 Å². The van der Waals surface area contributed by atoms with Gasteiger partial charge in [0, 0.05) is 0 Å². The summed E-state index contributed by atoms with van der Waals surface area (Å²) in [5, 5.41) is 0. The molecule has 0 unspecified atom stereocenters. The predicted octanol–water partition coefficient (Wildman–Crippen LogP) is 3.40. The summed E-state index contributed by atoms with van der Waals surface area (Å²) in [5.41, 5.74) is 2.82. The molecule has 1 radical (unpaired) electrons. The van der Waals surface area contributed by atoms with E-state index < -0.39 is 0 Å². The van der Waals surface area contributed by atoms with E-state index >= 15 is 0 Å². The van der Waals surface area contributed by atoms with E-state index in [-0.39, 0.29) is 0 Å². The van der Waals surface area contributed by atoms with Crippen molar-refractivity contribution in [3.05, 3.63) is 72.3 Å². The minimum atomic E-state index is 0.509. The van der Waals surface area contributed by atoms with Gasteiger partial charge in [0.2, 0.25) is 0 Å². The summed E-state index contributed by atoms with van der Waals surface area (Å²) in [4.78, 5) is 12.7. The number of benzene rings is 2. The molecular weight excluding hydrogens is 222 g/mol. The highest BCUT2D eigenvalue weighted by Gasteiger charge is 2.09. The zero-order valence-electron chi connectivity index (χ0n) is 10.0. The molecule has 2 nitrogen and oxygen atoms in total. The fourth-order valence-corrected chi connectivity index (χ4v) is 1.84. The molecule has 18 heavy (non-hydrogen) atoms. The summed E-state index contributed by atoms with van der Waals surface area (Å²) in [6, 6.07) is 17.5. The molecule has 0 saturated heterocycles. The lowest BCUT2D eigenvalue weighted by molar-refractivity contribution is 0.551. The largest absolute Gasteiger partial charge is 0.317 e. The molecule has 1 amide bonds. The molecule has 0 heterocycles. The summed E-state index contributed by atoms with van der Waals surface area (Å²) in [7, 11) is 0. The van der Waals surface area contributed by atoms with Gasteiger partial charge in [-0.3, -0.25) is 9.69 Å². The molecule has 89 valence electrons. The number of para-hydroxylation sites is 1. The lowest BCUT2D eigenvalue weighted by Gasteiger charge is -2.18. The Morgan fingerprint density at radius 1 is 1.06 bits per heavy atom. The number of hydrogen-bond acceptors (Lipinski definition) is 1. The molecular formula is C16H14NO. The maximum absolute atomic E-state index is 11.1. The van der Waals surface area contributed by atoms with Crippen molar-refractivity contribution in [3.8, 4) is 0 Å². The highest BCUT2D eigenvalue weighted by molar-refractivity contribution is 5.81. The fourth-order valence-electron chi connectivity index (χ4n) is 1.84. The van der Waals surface area contributed by atoms with E-state index in [0.29, 0.717) is 6.54 Å². The van der Waals surface area contributed by atoms with E-state index in [9.17, 15) is 4.79 Å². The van der Waals surface area contributed by atoms with Gasteiger partial charge in [-0.15, -0.1) is 0 Å². The molecule has 2 heteroatoms. The molecule has 2 aromatic carbocycles. The SMILES string of the molecule is C=Cc1ccccc1N([C]=O)Cc1ccccc1. The summed E-state index contributed by atoms with van der Waals surface area (Å²) >= 11 is 0. The van der Waals surface area contributed by atoms with Crippen LogP contribution in [0.4, 0.5) is 5.69 Å². The van der Waals surface area contributed by atoms with Gasteiger partial charge in [0.15, 0.2) is 0 Å². The van der Waals surface area contributed by atoms with E-state index in [2.05, 4.69) is 6.58 Å². The Bertz CT molecular complexity index is 534. The van der Waals surface area contributed by atoms with E-state index in [1.807, 2.05) is 61.0 Å². The van der Waals surface area contributed by atoms with Crippen molar-refractivity contribution in [2.24, 2.45) is 0 Å². The monoisotopic (exact) mass is 236 g/mol. The molecule has 0 aliphatic carbocycles. The topological polar surface area (TPSA) is 20.3 Å². The van der Waals surface area contributed by atoms with Gasteiger partial charge in [0.05, 0.1) is 12.2 Å². The normalized spacial score (nSPS) is 9.78. The van der Waals surface area contributed by atoms with Crippen LogP contribution in [0.3, 0.4) is 0 Å². The van der Waals surface area contributed by atoms with E-state index in [4.69, 9.17) is 0 Å². The van der Waals surface area contributed by atoms with Gasteiger partial charge in [-0.05, 0) is 17.2 Å². The Morgan fingerprint density at radius 2 is 1.72 bits per heavy atom. The van der Waals surface area contributed by atoms with Crippen molar-refractivity contribution in [2.75, 3.05) is 4.90 Å². The third kappa shape index (κ3) is 2.66. The van der Waals surface area contributed by atoms with Crippen molar-refractivity contribution in [1.82, 2.24) is 0 Å². The number of hydrogen-bond donors (Lipinski definition) is 0. The molecule has 0 aromatic heterocycles. The third-order valence-electron chi connectivity index (χ3n) is 2.74. The fraction of sp³-hybridized carbons (Fsp3) is 0.0625. The second kappa shape index (κ2) is 5.82. The third-order valence-corrected chi connectivity index (χ3v) is 2.74. The zero-order valence-corrected chi connectivity index (χ0v) is 10.0. The lowest BCUT2D eigenvalue weighted by Crippen LogP contribution is -2.21. The second-order valence-corrected chi connectivity index (χ2v) is 3.93. The van der Waals surface area contributed by atoms with E-state index in [0.717, 1.165) is 16.8 Å². The van der Waals surface area contributed by atoms with Crippen LogP contribution in [0.1, 0.15) is 11.1 Å². The first kappa shape index (κ1) is 12.1.